The first kappa shape index (κ1) is 39.4. The number of nitrogens with zero attached hydrogens (tertiary/aromatic N) is 2. The lowest BCUT2D eigenvalue weighted by Gasteiger charge is -2.34. The number of fused-ring (bicyclic) bond motifs is 6. The van der Waals surface area contributed by atoms with Crippen LogP contribution in [0.25, 0.3) is 11.1 Å². The molecule has 0 aliphatic carbocycles. The Balaban J connectivity index is 1.63. The van der Waals surface area contributed by atoms with Gasteiger partial charge in [-0.2, -0.15) is 26.3 Å². The van der Waals surface area contributed by atoms with E-state index in [0.717, 1.165) is 12.3 Å². The first-order valence-electron chi connectivity index (χ1n) is 17.3. The largest absolute Gasteiger partial charge is 0.466 e. The Morgan fingerprint density at radius 1 is 0.964 bits per heavy atom. The number of carbonyl (C=O) groups is 2. The van der Waals surface area contributed by atoms with Crippen molar-refractivity contribution in [3.05, 3.63) is 116 Å². The third kappa shape index (κ3) is 8.38. The lowest BCUT2D eigenvalue weighted by Crippen LogP contribution is -2.49. The molecule has 8 nitrogen and oxygen atoms in total. The van der Waals surface area contributed by atoms with Gasteiger partial charge in [-0.3, -0.25) is 23.9 Å². The van der Waals surface area contributed by atoms with Crippen LogP contribution in [0.2, 0.25) is 0 Å². The van der Waals surface area contributed by atoms with Gasteiger partial charge in [0, 0.05) is 43.0 Å². The van der Waals surface area contributed by atoms with Gasteiger partial charge in [-0.1, -0.05) is 12.1 Å². The standard InChI is InChI=1S/C39H35F8N3O5/c1-4-54-33(52)16-30-28-13-23(10-21(3)35(28)41)34-20(2)6-5-7-31(34)55-27-12-24(11-25(14-27)38(42,43)44)36(37(53)48-30)50-17-22(8-9-49-18-26(40)19-49)29(15-32(50)51)39(45,46)47/h5-7,10-15,17,26,30,36H,4,8-9,16,18-19H2,1-3H3,(H,48,53)/t30-,36+/m0/s1. The van der Waals surface area contributed by atoms with E-state index in [9.17, 15) is 45.1 Å². The number of aromatic nitrogens is 1. The first-order chi connectivity index (χ1) is 25.8. The maximum Gasteiger partial charge on any atom is 0.416 e. The summed E-state index contributed by atoms with van der Waals surface area (Å²) in [6.07, 6.45) is -11.6. The van der Waals surface area contributed by atoms with Crippen molar-refractivity contribution in [2.24, 2.45) is 0 Å². The van der Waals surface area contributed by atoms with Gasteiger partial charge in [-0.05, 0) is 91.4 Å². The molecular weight excluding hydrogens is 742 g/mol. The highest BCUT2D eigenvalue weighted by molar-refractivity contribution is 5.85. The highest BCUT2D eigenvalue weighted by atomic mass is 19.4. The lowest BCUT2D eigenvalue weighted by molar-refractivity contribution is -0.144. The Hall–Kier alpha value is -5.25. The van der Waals surface area contributed by atoms with E-state index in [1.807, 2.05) is 0 Å². The average Bonchev–Trinajstić information content (AvgIpc) is 3.07. The number of hydrogen-bond acceptors (Lipinski definition) is 6. The van der Waals surface area contributed by atoms with E-state index in [2.05, 4.69) is 5.32 Å². The normalized spacial score (nSPS) is 17.8. The number of halogens is 8. The quantitative estimate of drug-likeness (QED) is 0.151. The Morgan fingerprint density at radius 3 is 2.35 bits per heavy atom. The third-order valence-electron chi connectivity index (χ3n) is 9.58. The number of likely N-dealkylation sites (tertiary alicyclic amines) is 1. The molecule has 1 N–H and O–H groups in total. The Morgan fingerprint density at radius 2 is 1.69 bits per heavy atom. The lowest BCUT2D eigenvalue weighted by atomic mass is 9.92. The van der Waals surface area contributed by atoms with Gasteiger partial charge in [0.2, 0.25) is 5.91 Å². The van der Waals surface area contributed by atoms with E-state index in [-0.39, 0.29) is 55.6 Å². The number of nitrogens with one attached hydrogen (secondary N) is 1. The fraction of sp³-hybridized carbons (Fsp3) is 0.359. The van der Waals surface area contributed by atoms with Crippen molar-refractivity contribution < 1.29 is 54.2 Å². The number of pyridine rings is 1. The summed E-state index contributed by atoms with van der Waals surface area (Å²) in [4.78, 5) is 42.7. The monoisotopic (exact) mass is 777 g/mol. The summed E-state index contributed by atoms with van der Waals surface area (Å²) in [5.41, 5.74) is -3.96. The van der Waals surface area contributed by atoms with E-state index in [1.54, 1.807) is 19.1 Å². The topological polar surface area (TPSA) is 89.9 Å². The van der Waals surface area contributed by atoms with Gasteiger partial charge in [0.25, 0.3) is 5.56 Å². The smallest absolute Gasteiger partial charge is 0.416 e. The van der Waals surface area contributed by atoms with Crippen molar-refractivity contribution in [3.63, 3.8) is 0 Å². The van der Waals surface area contributed by atoms with Crippen LogP contribution in [0.1, 0.15) is 64.4 Å². The minimum absolute atomic E-state index is 0.0270. The minimum Gasteiger partial charge on any atom is -0.466 e. The molecule has 1 fully saturated rings. The number of aryl methyl sites for hydroxylation is 2. The first-order valence-corrected chi connectivity index (χ1v) is 17.3. The number of carbonyl (C=O) groups excluding carboxylic acids is 2. The summed E-state index contributed by atoms with van der Waals surface area (Å²) < 4.78 is 128. The van der Waals surface area contributed by atoms with Crippen molar-refractivity contribution in [1.29, 1.82) is 0 Å². The molecule has 1 aromatic heterocycles. The number of esters is 1. The second-order valence-corrected chi connectivity index (χ2v) is 13.6. The van der Waals surface area contributed by atoms with Crippen LogP contribution in [0, 0.1) is 19.7 Å². The van der Waals surface area contributed by atoms with Gasteiger partial charge >= 0.3 is 18.3 Å². The minimum atomic E-state index is -5.05. The molecule has 0 radical (unpaired) electrons. The van der Waals surface area contributed by atoms with Crippen LogP contribution in [0.5, 0.6) is 11.5 Å². The molecule has 1 amide bonds. The molecule has 3 aromatic carbocycles. The third-order valence-corrected chi connectivity index (χ3v) is 9.58. The fourth-order valence-corrected chi connectivity index (χ4v) is 6.96. The fourth-order valence-electron chi connectivity index (χ4n) is 6.96. The van der Waals surface area contributed by atoms with Crippen LogP contribution in [-0.4, -0.2) is 53.8 Å². The summed E-state index contributed by atoms with van der Waals surface area (Å²) >= 11 is 0. The van der Waals surface area contributed by atoms with Crippen molar-refractivity contribution in [2.75, 3.05) is 26.2 Å². The van der Waals surface area contributed by atoms with Crippen LogP contribution >= 0.6 is 0 Å². The molecule has 4 bridgehead atoms. The van der Waals surface area contributed by atoms with Crippen LogP contribution in [0.4, 0.5) is 35.1 Å². The van der Waals surface area contributed by atoms with Gasteiger partial charge in [0.1, 0.15) is 29.5 Å². The summed E-state index contributed by atoms with van der Waals surface area (Å²) in [6.45, 7) is 4.43. The van der Waals surface area contributed by atoms with Gasteiger partial charge in [0.15, 0.2) is 0 Å². The summed E-state index contributed by atoms with van der Waals surface area (Å²) in [5.74, 6) is -3.38. The zero-order valence-electron chi connectivity index (χ0n) is 29.7. The number of amides is 1. The Kier molecular flexibility index (Phi) is 10.8. The molecule has 6 rings (SSSR count). The molecule has 16 heteroatoms. The van der Waals surface area contributed by atoms with E-state index >= 15 is 4.39 Å². The molecule has 1 saturated heterocycles. The summed E-state index contributed by atoms with van der Waals surface area (Å²) in [7, 11) is 0. The predicted molar refractivity (Wildman–Crippen MR) is 184 cm³/mol. The molecule has 0 spiro atoms. The zero-order valence-corrected chi connectivity index (χ0v) is 29.7. The maximum absolute atomic E-state index is 16.1. The molecular formula is C39H35F8N3O5. The molecule has 3 heterocycles. The van der Waals surface area contributed by atoms with E-state index in [0.29, 0.717) is 33.4 Å². The van der Waals surface area contributed by atoms with Crippen molar-refractivity contribution in [2.45, 2.75) is 64.2 Å². The van der Waals surface area contributed by atoms with Crippen molar-refractivity contribution >= 4 is 11.9 Å². The molecule has 2 aliphatic heterocycles. The highest BCUT2D eigenvalue weighted by Crippen LogP contribution is 2.42. The van der Waals surface area contributed by atoms with Crippen molar-refractivity contribution in [3.8, 4) is 22.6 Å². The van der Waals surface area contributed by atoms with Gasteiger partial charge in [-0.25, -0.2) is 8.78 Å². The van der Waals surface area contributed by atoms with Gasteiger partial charge < -0.3 is 14.8 Å². The Bertz CT molecular complexity index is 2190. The van der Waals surface area contributed by atoms with Crippen molar-refractivity contribution in [1.82, 2.24) is 14.8 Å². The molecule has 2 aliphatic rings. The number of rotatable bonds is 7. The second kappa shape index (κ2) is 15.1. The SMILES string of the molecule is CCOC(=O)C[C@@H]1NC(=O)[C@H](n2cc(CCN3CC(F)C3)c(C(F)(F)F)cc2=O)c2cc(cc(C(F)(F)F)c2)Oc2cccc(C)c2-c2cc(C)c(F)c1c2. The van der Waals surface area contributed by atoms with E-state index in [4.69, 9.17) is 9.47 Å². The number of hydrogen-bond donors (Lipinski definition) is 1. The number of alkyl halides is 7. The maximum atomic E-state index is 16.1. The molecule has 4 aromatic rings. The predicted octanol–water partition coefficient (Wildman–Crippen LogP) is 8.01. The van der Waals surface area contributed by atoms with Gasteiger partial charge in [-0.15, -0.1) is 0 Å². The molecule has 55 heavy (non-hydrogen) atoms. The van der Waals surface area contributed by atoms with Crippen LogP contribution in [-0.2, 0) is 33.1 Å². The van der Waals surface area contributed by atoms with Gasteiger partial charge in [0.05, 0.1) is 30.2 Å². The summed E-state index contributed by atoms with van der Waals surface area (Å²) in [5, 5.41) is 2.51. The van der Waals surface area contributed by atoms with E-state index < -0.39 is 88.3 Å². The van der Waals surface area contributed by atoms with Crippen LogP contribution < -0.4 is 15.6 Å². The Labute approximate surface area is 309 Å². The second-order valence-electron chi connectivity index (χ2n) is 13.6. The van der Waals surface area contributed by atoms with E-state index in [1.165, 1.54) is 36.9 Å². The number of ether oxygens (including phenoxy) is 2. The highest BCUT2D eigenvalue weighted by Gasteiger charge is 2.39. The summed E-state index contributed by atoms with van der Waals surface area (Å²) in [6, 6.07) is 6.41. The number of benzene rings is 3. The average molecular weight is 778 g/mol. The molecule has 0 unspecified atom stereocenters. The molecule has 2 atom stereocenters. The molecule has 292 valence electrons. The zero-order chi connectivity index (χ0) is 40.0. The van der Waals surface area contributed by atoms with Crippen LogP contribution in [0.15, 0.2) is 65.6 Å². The molecule has 0 saturated carbocycles. The van der Waals surface area contributed by atoms with Crippen LogP contribution in [0.3, 0.4) is 0 Å².